The first-order valence-electron chi connectivity index (χ1n) is 1.26. The van der Waals surface area contributed by atoms with E-state index < -0.39 is 12.3 Å². The third-order valence-electron chi connectivity index (χ3n) is 0. The zero-order valence-corrected chi connectivity index (χ0v) is 5.65. The first-order chi connectivity index (χ1) is 3.46. The van der Waals surface area contributed by atoms with E-state index in [9.17, 15) is 0 Å². The summed E-state index contributed by atoms with van der Waals surface area (Å²) in [6.07, 6.45) is -4.17. The summed E-state index contributed by atoms with van der Waals surface area (Å²) in [5, 5.41) is 30.6. The fraction of sp³-hybridized carbons (Fsp3) is 0. The Labute approximate surface area is 102 Å². The second-order valence-corrected chi connectivity index (χ2v) is 0.532. The molecule has 6 nitrogen and oxygen atoms in total. The molecule has 0 aromatic heterocycles. The van der Waals surface area contributed by atoms with Crippen LogP contribution in [0.3, 0.4) is 0 Å². The van der Waals surface area contributed by atoms with Crippen LogP contribution < -0.4 is 10.2 Å². The molecule has 0 fully saturated rings. The van der Waals surface area contributed by atoms with Gasteiger partial charge < -0.3 is 30.0 Å². The smallest absolute Gasteiger partial charge is 2.00 e. The molecule has 0 saturated carbocycles. The largest absolute Gasteiger partial charge is 2.00 e. The van der Waals surface area contributed by atoms with Crippen molar-refractivity contribution in [2.24, 2.45) is 0 Å². The summed E-state index contributed by atoms with van der Waals surface area (Å²) in [4.78, 5) is 16.9. The van der Waals surface area contributed by atoms with Gasteiger partial charge in [-0.1, -0.05) is 0 Å². The maximum atomic E-state index is 8.44. The molecule has 0 atom stereocenters. The average Bonchev–Trinajstić information content (AvgIpc) is 1.25. The Balaban J connectivity index is -0.0000000300. The maximum absolute atomic E-state index is 8.44. The molecule has 2 N–H and O–H groups in total. The predicted molar refractivity (Wildman–Crippen MR) is 30.3 cm³/mol. The van der Waals surface area contributed by atoms with E-state index >= 15 is 0 Å². The van der Waals surface area contributed by atoms with Crippen molar-refractivity contribution in [2.45, 2.75) is 0 Å². The van der Waals surface area contributed by atoms with Crippen molar-refractivity contribution in [3.05, 3.63) is 0 Å². The Morgan fingerprint density at radius 3 is 1.00 bits per heavy atom. The Morgan fingerprint density at radius 1 is 1.00 bits per heavy atom. The van der Waals surface area contributed by atoms with Crippen LogP contribution in [0, 0.1) is 0 Å². The SMILES string of the molecule is O=C([O-])O.O=C([O-])O.[CaH2].[Mg+2]. The topological polar surface area (TPSA) is 121 Å². The zero-order valence-electron chi connectivity index (χ0n) is 4.23. The molecule has 0 aliphatic carbocycles. The first kappa shape index (κ1) is 22.4. The second-order valence-electron chi connectivity index (χ2n) is 0.532. The summed E-state index contributed by atoms with van der Waals surface area (Å²) in [6, 6.07) is 0. The molecule has 0 heterocycles. The van der Waals surface area contributed by atoms with Crippen LogP contribution in [0.15, 0.2) is 0 Å². The Kier molecular flexibility index (Phi) is 36.5. The summed E-state index contributed by atoms with van der Waals surface area (Å²) >= 11 is 0. The van der Waals surface area contributed by atoms with Gasteiger partial charge in [0.15, 0.2) is 0 Å². The van der Waals surface area contributed by atoms with Crippen LogP contribution in [0.25, 0.3) is 0 Å². The quantitative estimate of drug-likeness (QED) is 0.380. The molecular weight excluding hydrogens is 184 g/mol. The van der Waals surface area contributed by atoms with Crippen molar-refractivity contribution in [1.29, 1.82) is 0 Å². The third kappa shape index (κ3) is 1530. The Morgan fingerprint density at radius 2 is 1.00 bits per heavy atom. The van der Waals surface area contributed by atoms with E-state index in [0.717, 1.165) is 0 Å². The van der Waals surface area contributed by atoms with Crippen LogP contribution in [-0.4, -0.2) is 83.3 Å². The van der Waals surface area contributed by atoms with Gasteiger partial charge in [0.25, 0.3) is 0 Å². The molecule has 0 radical (unpaired) electrons. The molecule has 0 aliphatic rings. The number of hydrogen-bond acceptors (Lipinski definition) is 4. The van der Waals surface area contributed by atoms with E-state index in [1.165, 1.54) is 0 Å². The van der Waals surface area contributed by atoms with E-state index in [1.54, 1.807) is 0 Å². The molecule has 0 aromatic rings. The van der Waals surface area contributed by atoms with Crippen molar-refractivity contribution >= 4 is 73.1 Å². The summed E-state index contributed by atoms with van der Waals surface area (Å²) in [5.74, 6) is 0. The third-order valence-corrected chi connectivity index (χ3v) is 0. The minimum Gasteiger partial charge on any atom is 2.00 e. The predicted octanol–water partition coefficient (Wildman–Crippen LogP) is -3.52. The second kappa shape index (κ2) is 16.3. The molecule has 0 saturated heterocycles. The first-order valence-corrected chi connectivity index (χ1v) is 1.26. The molecule has 10 heavy (non-hydrogen) atoms. The molecule has 52 valence electrons. The van der Waals surface area contributed by atoms with Gasteiger partial charge in [-0.15, -0.1) is 0 Å². The molecule has 0 bridgehead atoms. The minimum atomic E-state index is -2.08. The molecule has 8 heteroatoms. The fourth-order valence-electron chi connectivity index (χ4n) is 0. The van der Waals surface area contributed by atoms with Crippen LogP contribution in [0.2, 0.25) is 0 Å². The Bertz CT molecular complexity index is 73.7. The van der Waals surface area contributed by atoms with Crippen LogP contribution in [0.5, 0.6) is 0 Å². The summed E-state index contributed by atoms with van der Waals surface area (Å²) < 4.78 is 0. The van der Waals surface area contributed by atoms with E-state index in [0.29, 0.717) is 0 Å². The van der Waals surface area contributed by atoms with Gasteiger partial charge in [0, 0.05) is 0 Å². The van der Waals surface area contributed by atoms with Crippen molar-refractivity contribution in [3.63, 3.8) is 0 Å². The van der Waals surface area contributed by atoms with Gasteiger partial charge in [-0.25, -0.2) is 0 Å². The van der Waals surface area contributed by atoms with Crippen molar-refractivity contribution < 1.29 is 30.0 Å². The maximum Gasteiger partial charge on any atom is 2.00 e. The van der Waals surface area contributed by atoms with Crippen molar-refractivity contribution in [1.82, 2.24) is 0 Å². The van der Waals surface area contributed by atoms with Gasteiger partial charge in [-0.3, -0.25) is 0 Å². The van der Waals surface area contributed by atoms with Crippen LogP contribution in [0.1, 0.15) is 0 Å². The molecule has 0 unspecified atom stereocenters. The molecule has 0 spiro atoms. The summed E-state index contributed by atoms with van der Waals surface area (Å²) in [6.45, 7) is 0. The minimum absolute atomic E-state index is 0. The van der Waals surface area contributed by atoms with E-state index in [1.807, 2.05) is 0 Å². The number of rotatable bonds is 0. The van der Waals surface area contributed by atoms with E-state index in [4.69, 9.17) is 30.0 Å². The monoisotopic (exact) mass is 188 g/mol. The number of carbonyl (C=O) groups is 2. The fourth-order valence-corrected chi connectivity index (χ4v) is 0. The van der Waals surface area contributed by atoms with Gasteiger partial charge in [-0.05, 0) is 0 Å². The van der Waals surface area contributed by atoms with Crippen molar-refractivity contribution in [3.8, 4) is 0 Å². The summed E-state index contributed by atoms with van der Waals surface area (Å²) in [5.41, 5.74) is 0. The normalized spacial score (nSPS) is 4.80. The van der Waals surface area contributed by atoms with Crippen LogP contribution in [0.4, 0.5) is 9.59 Å². The van der Waals surface area contributed by atoms with Crippen molar-refractivity contribution in [2.75, 3.05) is 0 Å². The molecule has 0 aromatic carbocycles. The number of hydrogen-bond donors (Lipinski definition) is 2. The van der Waals surface area contributed by atoms with E-state index in [2.05, 4.69) is 0 Å². The van der Waals surface area contributed by atoms with Gasteiger partial charge in [0.1, 0.15) is 0 Å². The zero-order chi connectivity index (χ0) is 7.15. The van der Waals surface area contributed by atoms with Crippen LogP contribution in [-0.2, 0) is 0 Å². The summed E-state index contributed by atoms with van der Waals surface area (Å²) in [7, 11) is 0. The number of carboxylic acid groups (broad SMARTS) is 4. The Hall–Kier alpha value is 0.566. The average molecular weight is 188 g/mol. The van der Waals surface area contributed by atoms with Crippen LogP contribution >= 0.6 is 0 Å². The molecule has 0 rings (SSSR count). The van der Waals surface area contributed by atoms with Gasteiger partial charge in [-0.2, -0.15) is 0 Å². The van der Waals surface area contributed by atoms with E-state index in [-0.39, 0.29) is 60.8 Å². The molecule has 0 amide bonds. The molecule has 0 aliphatic heterocycles. The molecular formula is C2H4CaMgO6. The standard InChI is InChI=1S/2CH2O3.Ca.Mg.2H/c2*2-1(3)4;;;;/h2*(H2,2,3,4);;;;/q;;;+2;;/p-2. The van der Waals surface area contributed by atoms with Gasteiger partial charge in [0.2, 0.25) is 12.3 Å². The van der Waals surface area contributed by atoms with Gasteiger partial charge >= 0.3 is 60.8 Å². The van der Waals surface area contributed by atoms with Gasteiger partial charge in [0.05, 0.1) is 0 Å².